The summed E-state index contributed by atoms with van der Waals surface area (Å²) < 4.78 is 10.9. The summed E-state index contributed by atoms with van der Waals surface area (Å²) in [6, 6.07) is 0. The van der Waals surface area contributed by atoms with Gasteiger partial charge in [-0.1, -0.05) is 13.3 Å². The minimum absolute atomic E-state index is 0.0566. The zero-order valence-corrected chi connectivity index (χ0v) is 13.2. The van der Waals surface area contributed by atoms with Crippen molar-refractivity contribution in [1.82, 2.24) is 0 Å². The minimum atomic E-state index is -0.111. The van der Waals surface area contributed by atoms with Crippen molar-refractivity contribution in [1.29, 1.82) is 0 Å². The van der Waals surface area contributed by atoms with Gasteiger partial charge in [0, 0.05) is 6.61 Å². The predicted octanol–water partition coefficient (Wildman–Crippen LogP) is 2.24. The molecule has 2 fully saturated rings. The number of carbonyl (C=O) groups excluding carboxylic acids is 1. The highest BCUT2D eigenvalue weighted by atomic mass is 32.2. The third kappa shape index (κ3) is 3.49. The molecule has 0 radical (unpaired) electrons. The first-order valence-corrected chi connectivity index (χ1v) is 8.71. The minimum Gasteiger partial charge on any atom is -0.468 e. The molecule has 4 nitrogen and oxygen atoms in total. The molecule has 2 heterocycles. The van der Waals surface area contributed by atoms with Gasteiger partial charge in [-0.15, -0.1) is 11.8 Å². The quantitative estimate of drug-likeness (QED) is 0.697. The van der Waals surface area contributed by atoms with Crippen molar-refractivity contribution in [2.45, 2.75) is 56.5 Å². The summed E-state index contributed by atoms with van der Waals surface area (Å²) in [5, 5.41) is 9.17. The summed E-state index contributed by atoms with van der Waals surface area (Å²) in [4.78, 5) is 11.8. The maximum Gasteiger partial charge on any atom is 0.318 e. The third-order valence-corrected chi connectivity index (χ3v) is 5.97. The lowest BCUT2D eigenvalue weighted by Crippen LogP contribution is -2.31. The summed E-state index contributed by atoms with van der Waals surface area (Å²) in [5.41, 5.74) is 0. The average Bonchev–Trinajstić information content (AvgIpc) is 3.05. The molecule has 0 amide bonds. The van der Waals surface area contributed by atoms with Crippen molar-refractivity contribution in [2.24, 2.45) is 11.8 Å². The fourth-order valence-electron chi connectivity index (χ4n) is 3.54. The monoisotopic (exact) mass is 302 g/mol. The molecule has 5 heteroatoms. The van der Waals surface area contributed by atoms with Crippen LogP contribution in [0.3, 0.4) is 0 Å². The normalized spacial score (nSPS) is 33.4. The van der Waals surface area contributed by atoms with Gasteiger partial charge in [-0.3, -0.25) is 4.79 Å². The highest BCUT2D eigenvalue weighted by molar-refractivity contribution is 8.00. The van der Waals surface area contributed by atoms with E-state index in [0.29, 0.717) is 24.0 Å². The molecule has 20 heavy (non-hydrogen) atoms. The van der Waals surface area contributed by atoms with Crippen molar-refractivity contribution in [3.63, 3.8) is 0 Å². The van der Waals surface area contributed by atoms with Crippen LogP contribution < -0.4 is 0 Å². The van der Waals surface area contributed by atoms with Crippen LogP contribution in [0, 0.1) is 11.8 Å². The molecule has 0 aliphatic carbocycles. The first-order chi connectivity index (χ1) is 9.71. The smallest absolute Gasteiger partial charge is 0.318 e. The summed E-state index contributed by atoms with van der Waals surface area (Å²) in [7, 11) is 1.46. The van der Waals surface area contributed by atoms with Crippen LogP contribution in [0.4, 0.5) is 0 Å². The summed E-state index contributed by atoms with van der Waals surface area (Å²) in [6.07, 6.45) is 5.61. The Balaban J connectivity index is 1.89. The van der Waals surface area contributed by atoms with Gasteiger partial charge in [0.1, 0.15) is 5.25 Å². The number of fused-ring (bicyclic) bond motifs is 2. The Morgan fingerprint density at radius 1 is 1.40 bits per heavy atom. The molecule has 2 bridgehead atoms. The van der Waals surface area contributed by atoms with Gasteiger partial charge in [-0.2, -0.15) is 0 Å². The van der Waals surface area contributed by atoms with Crippen molar-refractivity contribution in [3.05, 3.63) is 0 Å². The Morgan fingerprint density at radius 2 is 2.10 bits per heavy atom. The summed E-state index contributed by atoms with van der Waals surface area (Å²) in [6.45, 7) is 2.32. The van der Waals surface area contributed by atoms with E-state index in [-0.39, 0.29) is 17.8 Å². The number of hydrogen-bond donors (Lipinski definition) is 1. The second-order valence-corrected chi connectivity index (χ2v) is 7.00. The Morgan fingerprint density at radius 3 is 2.70 bits per heavy atom. The maximum atomic E-state index is 11.8. The lowest BCUT2D eigenvalue weighted by atomic mass is 9.79. The molecule has 0 aromatic heterocycles. The van der Waals surface area contributed by atoms with Crippen molar-refractivity contribution in [3.8, 4) is 0 Å². The topological polar surface area (TPSA) is 55.8 Å². The van der Waals surface area contributed by atoms with Gasteiger partial charge >= 0.3 is 5.97 Å². The fraction of sp³-hybridized carbons (Fsp3) is 0.933. The van der Waals surface area contributed by atoms with E-state index in [9.17, 15) is 9.90 Å². The van der Waals surface area contributed by atoms with Gasteiger partial charge in [-0.05, 0) is 43.3 Å². The lowest BCUT2D eigenvalue weighted by Gasteiger charge is -2.28. The molecule has 2 saturated heterocycles. The van der Waals surface area contributed by atoms with E-state index in [1.165, 1.54) is 7.11 Å². The highest BCUT2D eigenvalue weighted by Gasteiger charge is 2.48. The van der Waals surface area contributed by atoms with Crippen LogP contribution in [0.15, 0.2) is 0 Å². The van der Waals surface area contributed by atoms with Crippen molar-refractivity contribution < 1.29 is 19.4 Å². The molecule has 0 spiro atoms. The summed E-state index contributed by atoms with van der Waals surface area (Å²) in [5.74, 6) is 1.77. The van der Waals surface area contributed by atoms with Crippen LogP contribution in [0.2, 0.25) is 0 Å². The Hall–Kier alpha value is -0.260. The van der Waals surface area contributed by atoms with Crippen LogP contribution in [0.25, 0.3) is 0 Å². The van der Waals surface area contributed by atoms with Crippen LogP contribution >= 0.6 is 11.8 Å². The van der Waals surface area contributed by atoms with Crippen molar-refractivity contribution >= 4 is 17.7 Å². The van der Waals surface area contributed by atoms with Gasteiger partial charge in [0.2, 0.25) is 0 Å². The second kappa shape index (κ2) is 7.66. The van der Waals surface area contributed by atoms with Gasteiger partial charge in [0.15, 0.2) is 0 Å². The Labute approximate surface area is 125 Å². The standard InChI is InChI=1S/C15H26O4S/c1-3-4-14(15(17)18-2)20-9-11-10(7-8-16)12-5-6-13(11)19-12/h10-14,16H,3-9H2,1-2H3. The molecular weight excluding hydrogens is 276 g/mol. The number of carbonyl (C=O) groups is 1. The first-order valence-electron chi connectivity index (χ1n) is 7.67. The average molecular weight is 302 g/mol. The van der Waals surface area contributed by atoms with Crippen LogP contribution in [-0.4, -0.2) is 48.0 Å². The zero-order chi connectivity index (χ0) is 14.5. The van der Waals surface area contributed by atoms with Crippen LogP contribution in [0.1, 0.15) is 39.0 Å². The van der Waals surface area contributed by atoms with E-state index < -0.39 is 0 Å². The van der Waals surface area contributed by atoms with E-state index in [4.69, 9.17) is 9.47 Å². The zero-order valence-electron chi connectivity index (χ0n) is 12.4. The largest absolute Gasteiger partial charge is 0.468 e. The third-order valence-electron chi connectivity index (χ3n) is 4.56. The van der Waals surface area contributed by atoms with Crippen molar-refractivity contribution in [2.75, 3.05) is 19.5 Å². The van der Waals surface area contributed by atoms with E-state index in [0.717, 1.165) is 37.9 Å². The predicted molar refractivity (Wildman–Crippen MR) is 79.7 cm³/mol. The van der Waals surface area contributed by atoms with E-state index >= 15 is 0 Å². The van der Waals surface area contributed by atoms with Crippen LogP contribution in [-0.2, 0) is 14.3 Å². The molecule has 116 valence electrons. The number of ether oxygens (including phenoxy) is 2. The number of hydrogen-bond acceptors (Lipinski definition) is 5. The Bertz CT molecular complexity index is 323. The van der Waals surface area contributed by atoms with Gasteiger partial charge < -0.3 is 14.6 Å². The number of aliphatic hydroxyl groups is 1. The molecule has 2 aliphatic rings. The SMILES string of the molecule is CCCC(SCC1C2CCC(O2)C1CCO)C(=O)OC. The highest BCUT2D eigenvalue weighted by Crippen LogP contribution is 2.46. The van der Waals surface area contributed by atoms with E-state index in [2.05, 4.69) is 6.92 Å². The molecule has 0 aromatic rings. The molecule has 5 unspecified atom stereocenters. The fourth-order valence-corrected chi connectivity index (χ4v) is 5.09. The number of esters is 1. The lowest BCUT2D eigenvalue weighted by molar-refractivity contribution is -0.140. The number of methoxy groups -OCH3 is 1. The molecule has 2 aliphatic heterocycles. The van der Waals surface area contributed by atoms with Crippen LogP contribution in [0.5, 0.6) is 0 Å². The van der Waals surface area contributed by atoms with Gasteiger partial charge in [-0.25, -0.2) is 0 Å². The maximum absolute atomic E-state index is 11.8. The summed E-state index contributed by atoms with van der Waals surface area (Å²) >= 11 is 1.71. The molecule has 0 saturated carbocycles. The van der Waals surface area contributed by atoms with E-state index in [1.54, 1.807) is 11.8 Å². The number of rotatable bonds is 8. The molecule has 2 rings (SSSR count). The van der Waals surface area contributed by atoms with Gasteiger partial charge in [0.25, 0.3) is 0 Å². The van der Waals surface area contributed by atoms with Gasteiger partial charge in [0.05, 0.1) is 19.3 Å². The molecular formula is C15H26O4S. The number of aliphatic hydroxyl groups excluding tert-OH is 1. The molecule has 1 N–H and O–H groups in total. The number of thioether (sulfide) groups is 1. The molecule has 5 atom stereocenters. The van der Waals surface area contributed by atoms with E-state index in [1.807, 2.05) is 0 Å². The first kappa shape index (κ1) is 16.1. The Kier molecular flexibility index (Phi) is 6.18. The second-order valence-electron chi connectivity index (χ2n) is 5.76. The molecule has 0 aromatic carbocycles.